The average molecular weight is 286 g/mol. The molecule has 2 unspecified atom stereocenters. The van der Waals surface area contributed by atoms with Crippen molar-refractivity contribution < 1.29 is 14.3 Å². The van der Waals surface area contributed by atoms with E-state index in [-0.39, 0.29) is 17.2 Å². The Kier molecular flexibility index (Phi) is 3.60. The third-order valence-corrected chi connectivity index (χ3v) is 5.36. The van der Waals surface area contributed by atoms with Gasteiger partial charge in [0.25, 0.3) is 0 Å². The molecule has 1 aromatic rings. The highest BCUT2D eigenvalue weighted by molar-refractivity contribution is 6.00. The van der Waals surface area contributed by atoms with Crippen LogP contribution in [0.25, 0.3) is 0 Å². The summed E-state index contributed by atoms with van der Waals surface area (Å²) in [7, 11) is 1.36. The van der Waals surface area contributed by atoms with E-state index in [0.29, 0.717) is 12.8 Å². The van der Waals surface area contributed by atoms with E-state index in [1.54, 1.807) is 0 Å². The highest BCUT2D eigenvalue weighted by Gasteiger charge is 2.45. The van der Waals surface area contributed by atoms with E-state index in [2.05, 4.69) is 25.1 Å². The van der Waals surface area contributed by atoms with Crippen LogP contribution in [-0.2, 0) is 26.2 Å². The second-order valence-corrected chi connectivity index (χ2v) is 6.49. The van der Waals surface area contributed by atoms with Crippen molar-refractivity contribution in [1.82, 2.24) is 0 Å². The van der Waals surface area contributed by atoms with E-state index in [9.17, 15) is 9.59 Å². The fourth-order valence-electron chi connectivity index (χ4n) is 4.23. The highest BCUT2D eigenvalue weighted by atomic mass is 16.5. The Labute approximate surface area is 125 Å². The van der Waals surface area contributed by atoms with Gasteiger partial charge >= 0.3 is 5.97 Å². The van der Waals surface area contributed by atoms with Crippen LogP contribution in [0, 0.1) is 12.8 Å². The third kappa shape index (κ3) is 2.29. The molecule has 3 heteroatoms. The summed E-state index contributed by atoms with van der Waals surface area (Å²) in [4.78, 5) is 24.2. The monoisotopic (exact) mass is 286 g/mol. The Bertz CT molecular complexity index is 590. The van der Waals surface area contributed by atoms with Crippen molar-refractivity contribution in [2.24, 2.45) is 5.92 Å². The van der Waals surface area contributed by atoms with Crippen LogP contribution in [-0.4, -0.2) is 18.9 Å². The Balaban J connectivity index is 1.94. The molecule has 1 aromatic carbocycles. The number of aryl methyl sites for hydroxylation is 1. The summed E-state index contributed by atoms with van der Waals surface area (Å²) in [6.07, 6.45) is 5.33. The number of rotatable bonds is 1. The number of hydrogen-bond donors (Lipinski definition) is 0. The van der Waals surface area contributed by atoms with Crippen LogP contribution in [0.5, 0.6) is 0 Å². The Morgan fingerprint density at radius 1 is 1.33 bits per heavy atom. The third-order valence-electron chi connectivity index (χ3n) is 5.36. The van der Waals surface area contributed by atoms with Crippen molar-refractivity contribution in [3.05, 3.63) is 34.9 Å². The Morgan fingerprint density at radius 3 is 2.86 bits per heavy atom. The molecule has 112 valence electrons. The van der Waals surface area contributed by atoms with Crippen molar-refractivity contribution in [2.75, 3.05) is 7.11 Å². The van der Waals surface area contributed by atoms with Gasteiger partial charge < -0.3 is 4.74 Å². The van der Waals surface area contributed by atoms with E-state index >= 15 is 0 Å². The number of ether oxygens (including phenoxy) is 1. The number of carbonyl (C=O) groups is 2. The predicted octanol–water partition coefficient (Wildman–Crippen LogP) is 3.11. The fourth-order valence-corrected chi connectivity index (χ4v) is 4.23. The van der Waals surface area contributed by atoms with Gasteiger partial charge in [-0.25, -0.2) is 0 Å². The topological polar surface area (TPSA) is 43.4 Å². The molecular formula is C18H22O3. The molecule has 0 N–H and O–H groups in total. The number of ketones is 1. The van der Waals surface area contributed by atoms with E-state index in [1.807, 2.05) is 0 Å². The van der Waals surface area contributed by atoms with Crippen LogP contribution in [0.2, 0.25) is 0 Å². The lowest BCUT2D eigenvalue weighted by molar-refractivity contribution is -0.151. The molecule has 0 heterocycles. The Hall–Kier alpha value is -1.64. The fraction of sp³-hybridized carbons (Fsp3) is 0.556. The zero-order chi connectivity index (χ0) is 15.0. The standard InChI is InChI=1S/C18H22O3/c1-12-5-3-7-15-13(12)6-4-9-18(15)10-8-14(16(19)11-18)17(20)21-2/h3,5,7,14H,4,6,8-11H2,1-2H3. The molecule has 0 saturated heterocycles. The van der Waals surface area contributed by atoms with Crippen LogP contribution in [0.1, 0.15) is 48.8 Å². The summed E-state index contributed by atoms with van der Waals surface area (Å²) in [5.41, 5.74) is 4.06. The van der Waals surface area contributed by atoms with Crippen molar-refractivity contribution in [1.29, 1.82) is 0 Å². The van der Waals surface area contributed by atoms with Gasteiger partial charge in [-0.2, -0.15) is 0 Å². The van der Waals surface area contributed by atoms with Gasteiger partial charge in [0.15, 0.2) is 0 Å². The van der Waals surface area contributed by atoms with Crippen LogP contribution in [0.3, 0.4) is 0 Å². The van der Waals surface area contributed by atoms with Crippen molar-refractivity contribution in [2.45, 2.75) is 50.9 Å². The molecule has 2 atom stereocenters. The zero-order valence-electron chi connectivity index (χ0n) is 12.8. The first kappa shape index (κ1) is 14.3. The van der Waals surface area contributed by atoms with E-state index < -0.39 is 5.92 Å². The van der Waals surface area contributed by atoms with E-state index in [4.69, 9.17) is 4.74 Å². The van der Waals surface area contributed by atoms with Crippen molar-refractivity contribution in [3.8, 4) is 0 Å². The molecule has 3 rings (SSSR count). The van der Waals surface area contributed by atoms with Crippen LogP contribution in [0.4, 0.5) is 0 Å². The molecule has 3 nitrogen and oxygen atoms in total. The Morgan fingerprint density at radius 2 is 2.14 bits per heavy atom. The summed E-state index contributed by atoms with van der Waals surface area (Å²) in [6, 6.07) is 6.44. The first-order valence-corrected chi connectivity index (χ1v) is 7.77. The molecule has 0 amide bonds. The number of hydrogen-bond acceptors (Lipinski definition) is 3. The smallest absolute Gasteiger partial charge is 0.316 e. The van der Waals surface area contributed by atoms with E-state index in [0.717, 1.165) is 25.7 Å². The normalized spacial score (nSPS) is 28.3. The quantitative estimate of drug-likeness (QED) is 0.588. The summed E-state index contributed by atoms with van der Waals surface area (Å²) in [6.45, 7) is 2.15. The molecule has 1 saturated carbocycles. The van der Waals surface area contributed by atoms with Gasteiger partial charge in [-0.3, -0.25) is 9.59 Å². The number of benzene rings is 1. The minimum atomic E-state index is -0.546. The number of fused-ring (bicyclic) bond motifs is 2. The molecule has 1 fully saturated rings. The minimum absolute atomic E-state index is 0.0405. The maximum absolute atomic E-state index is 12.5. The van der Waals surface area contributed by atoms with Crippen LogP contribution >= 0.6 is 0 Å². The van der Waals surface area contributed by atoms with E-state index in [1.165, 1.54) is 23.8 Å². The lowest BCUT2D eigenvalue weighted by Crippen LogP contribution is -2.42. The molecule has 0 aromatic heterocycles. The lowest BCUT2D eigenvalue weighted by atomic mass is 9.60. The van der Waals surface area contributed by atoms with Gasteiger partial charge in [-0.1, -0.05) is 18.2 Å². The molecule has 21 heavy (non-hydrogen) atoms. The molecule has 0 bridgehead atoms. The molecular weight excluding hydrogens is 264 g/mol. The second kappa shape index (κ2) is 5.28. The summed E-state index contributed by atoms with van der Waals surface area (Å²) < 4.78 is 4.76. The van der Waals surface area contributed by atoms with Gasteiger partial charge in [0, 0.05) is 11.8 Å². The van der Waals surface area contributed by atoms with Gasteiger partial charge in [0.1, 0.15) is 11.7 Å². The SMILES string of the molecule is COC(=O)C1CCC2(CCCc3c(C)cccc32)CC1=O. The van der Waals surface area contributed by atoms with Gasteiger partial charge in [-0.15, -0.1) is 0 Å². The largest absolute Gasteiger partial charge is 0.468 e. The molecule has 0 aliphatic heterocycles. The molecule has 0 radical (unpaired) electrons. The number of esters is 1. The van der Waals surface area contributed by atoms with Gasteiger partial charge in [-0.05, 0) is 55.7 Å². The first-order chi connectivity index (χ1) is 10.1. The van der Waals surface area contributed by atoms with Crippen molar-refractivity contribution in [3.63, 3.8) is 0 Å². The highest BCUT2D eigenvalue weighted by Crippen LogP contribution is 2.48. The number of methoxy groups -OCH3 is 1. The maximum Gasteiger partial charge on any atom is 0.316 e. The molecule has 1 spiro atoms. The average Bonchev–Trinajstić information content (AvgIpc) is 2.48. The first-order valence-electron chi connectivity index (χ1n) is 7.77. The number of carbonyl (C=O) groups excluding carboxylic acids is 2. The summed E-state index contributed by atoms with van der Waals surface area (Å²) in [5, 5.41) is 0. The predicted molar refractivity (Wildman–Crippen MR) is 80.2 cm³/mol. The van der Waals surface area contributed by atoms with Crippen LogP contribution < -0.4 is 0 Å². The maximum atomic E-state index is 12.5. The lowest BCUT2D eigenvalue weighted by Gasteiger charge is -2.43. The summed E-state index contributed by atoms with van der Waals surface area (Å²) >= 11 is 0. The van der Waals surface area contributed by atoms with Gasteiger partial charge in [0.2, 0.25) is 0 Å². The molecule has 2 aliphatic carbocycles. The number of Topliss-reactive ketones (excluding diaryl/α,β-unsaturated/α-hetero) is 1. The van der Waals surface area contributed by atoms with Crippen LogP contribution in [0.15, 0.2) is 18.2 Å². The minimum Gasteiger partial charge on any atom is -0.468 e. The zero-order valence-corrected chi connectivity index (χ0v) is 12.8. The molecule has 2 aliphatic rings. The summed E-state index contributed by atoms with van der Waals surface area (Å²) in [5.74, 6) is -0.853. The van der Waals surface area contributed by atoms with Gasteiger partial charge in [0.05, 0.1) is 7.11 Å². The van der Waals surface area contributed by atoms with Crippen molar-refractivity contribution >= 4 is 11.8 Å². The second-order valence-electron chi connectivity index (χ2n) is 6.49.